The molecule has 2 aromatic heterocycles. The Balaban J connectivity index is 1.31. The Morgan fingerprint density at radius 1 is 0.881 bits per heavy atom. The van der Waals surface area contributed by atoms with Crippen molar-refractivity contribution in [2.24, 2.45) is 0 Å². The maximum atomic E-state index is 14.0. The number of aliphatic hydroxyl groups excluding tert-OH is 2. The van der Waals surface area contributed by atoms with E-state index in [1.54, 1.807) is 48.5 Å². The van der Waals surface area contributed by atoms with Crippen molar-refractivity contribution in [3.63, 3.8) is 0 Å². The second-order valence-corrected chi connectivity index (χ2v) is 14.2. The molecule has 3 heterocycles. The number of benzene rings is 2. The monoisotopic (exact) mass is 619 g/mol. The van der Waals surface area contributed by atoms with Gasteiger partial charge in [0.05, 0.1) is 26.1 Å². The third kappa shape index (κ3) is 6.95. The Labute approximate surface area is 241 Å². The van der Waals surface area contributed by atoms with Crippen LogP contribution in [0, 0.1) is 0 Å². The minimum absolute atomic E-state index is 0.0596. The van der Waals surface area contributed by atoms with Crippen LogP contribution in [0.3, 0.4) is 0 Å². The maximum absolute atomic E-state index is 14.0. The van der Waals surface area contributed by atoms with E-state index in [0.717, 1.165) is 5.56 Å². The molecule has 42 heavy (non-hydrogen) atoms. The normalized spacial score (nSPS) is 23.5. The number of hydrogen-bond donors (Lipinski definition) is 3. The highest BCUT2D eigenvalue weighted by Crippen LogP contribution is 2.64. The van der Waals surface area contributed by atoms with E-state index in [4.69, 9.17) is 28.6 Å². The number of aliphatic hydroxyl groups is 2. The van der Waals surface area contributed by atoms with Gasteiger partial charge in [-0.3, -0.25) is 13.7 Å². The van der Waals surface area contributed by atoms with Gasteiger partial charge in [-0.2, -0.15) is 0 Å². The molecule has 0 radical (unpaired) electrons. The summed E-state index contributed by atoms with van der Waals surface area (Å²) in [6, 6.07) is 17.9. The average Bonchev–Trinajstić information content (AvgIpc) is 3.56. The second kappa shape index (κ2) is 13.1. The van der Waals surface area contributed by atoms with Crippen LogP contribution < -0.4 is 5.73 Å². The van der Waals surface area contributed by atoms with Crippen LogP contribution in [0.1, 0.15) is 17.4 Å². The van der Waals surface area contributed by atoms with Gasteiger partial charge in [-0.05, 0) is 11.1 Å². The lowest BCUT2D eigenvalue weighted by Crippen LogP contribution is -2.33. The lowest BCUT2D eigenvalue weighted by atomic mass is 10.1. The van der Waals surface area contributed by atoms with Crippen LogP contribution in [0.5, 0.6) is 0 Å². The summed E-state index contributed by atoms with van der Waals surface area (Å²) in [6.07, 6.45) is -2.54. The summed E-state index contributed by atoms with van der Waals surface area (Å²) in [5.74, 6) is -0.562. The third-order valence-corrected chi connectivity index (χ3v) is 11.5. The standard InChI is InChI=1S/C26H31N5O9P2/c1-36-41(34,37-12-18-8-4-2-5-9-18)17-42(35,38-13-19-10-6-3-7-11-19)39-14-20-22(32)23(33)26(40-20)31-16-30-21-24(27)28-15-29-25(21)31/h2-11,15-16,20,22-23,26,32-33H,12-14,17H2,1H3,(H2,27,28,29). The summed E-state index contributed by atoms with van der Waals surface area (Å²) >= 11 is 0. The predicted molar refractivity (Wildman–Crippen MR) is 151 cm³/mol. The molecule has 0 bridgehead atoms. The molecule has 0 aliphatic carbocycles. The number of fused-ring (bicyclic) bond motifs is 1. The lowest BCUT2D eigenvalue weighted by molar-refractivity contribution is -0.0491. The van der Waals surface area contributed by atoms with Crippen molar-refractivity contribution in [1.29, 1.82) is 0 Å². The summed E-state index contributed by atoms with van der Waals surface area (Å²) in [6.45, 7) is -0.662. The van der Waals surface area contributed by atoms with Gasteiger partial charge in [0.2, 0.25) is 0 Å². The van der Waals surface area contributed by atoms with Crippen LogP contribution in [0.2, 0.25) is 0 Å². The highest BCUT2D eigenvalue weighted by atomic mass is 31.2. The molecule has 224 valence electrons. The van der Waals surface area contributed by atoms with Crippen LogP contribution in [-0.4, -0.2) is 67.7 Å². The van der Waals surface area contributed by atoms with E-state index in [1.807, 2.05) is 12.1 Å². The minimum atomic E-state index is -4.21. The predicted octanol–water partition coefficient (Wildman–Crippen LogP) is 3.47. The fourth-order valence-corrected chi connectivity index (χ4v) is 8.70. The number of nitrogen functional groups attached to an aromatic ring is 1. The molecule has 1 saturated heterocycles. The summed E-state index contributed by atoms with van der Waals surface area (Å²) in [5.41, 5.74) is 7.86. The molecule has 1 fully saturated rings. The van der Waals surface area contributed by atoms with Gasteiger partial charge in [-0.15, -0.1) is 0 Å². The number of anilines is 1. The van der Waals surface area contributed by atoms with Crippen molar-refractivity contribution in [3.05, 3.63) is 84.4 Å². The first-order valence-electron chi connectivity index (χ1n) is 12.9. The third-order valence-electron chi connectivity index (χ3n) is 6.60. The number of imidazole rings is 1. The molecule has 16 heteroatoms. The van der Waals surface area contributed by atoms with E-state index >= 15 is 0 Å². The highest BCUT2D eigenvalue weighted by Gasteiger charge is 2.46. The lowest BCUT2D eigenvalue weighted by Gasteiger charge is -2.25. The molecule has 4 aromatic rings. The van der Waals surface area contributed by atoms with Gasteiger partial charge < -0.3 is 38.8 Å². The molecule has 4 N–H and O–H groups in total. The summed E-state index contributed by atoms with van der Waals surface area (Å²) in [5, 5.41) is 21.5. The van der Waals surface area contributed by atoms with Crippen LogP contribution in [-0.2, 0) is 45.2 Å². The SMILES string of the molecule is COP(=O)(CP(=O)(OCc1ccccc1)OCC1OC(n2cnc3c(N)ncnc32)C(O)C1O)OCc1ccccc1. The van der Waals surface area contributed by atoms with E-state index in [2.05, 4.69) is 15.0 Å². The Morgan fingerprint density at radius 2 is 1.50 bits per heavy atom. The van der Waals surface area contributed by atoms with E-state index in [-0.39, 0.29) is 24.7 Å². The molecule has 6 unspecified atom stereocenters. The zero-order chi connectivity index (χ0) is 29.7. The van der Waals surface area contributed by atoms with Gasteiger partial charge in [-0.25, -0.2) is 15.0 Å². The van der Waals surface area contributed by atoms with E-state index < -0.39 is 52.2 Å². The van der Waals surface area contributed by atoms with Crippen molar-refractivity contribution < 1.29 is 42.2 Å². The van der Waals surface area contributed by atoms with Crippen LogP contribution in [0.15, 0.2) is 73.3 Å². The summed E-state index contributed by atoms with van der Waals surface area (Å²) in [4.78, 5) is 12.2. The largest absolute Gasteiger partial charge is 0.387 e. The molecule has 0 spiro atoms. The van der Waals surface area contributed by atoms with Gasteiger partial charge >= 0.3 is 15.2 Å². The second-order valence-electron chi connectivity index (χ2n) is 9.49. The topological polar surface area (TPSA) is 190 Å². The van der Waals surface area contributed by atoms with Gasteiger partial charge in [0, 0.05) is 7.11 Å². The summed E-state index contributed by atoms with van der Waals surface area (Å²) < 4.78 is 57.0. The van der Waals surface area contributed by atoms with Gasteiger partial charge in [0.25, 0.3) is 0 Å². The number of nitrogens with zero attached hydrogens (tertiary/aromatic N) is 4. The quantitative estimate of drug-likeness (QED) is 0.185. The van der Waals surface area contributed by atoms with Crippen LogP contribution in [0.4, 0.5) is 5.82 Å². The Hall–Kier alpha value is -3.03. The fraction of sp³-hybridized carbons (Fsp3) is 0.346. The minimum Gasteiger partial charge on any atom is -0.387 e. The van der Waals surface area contributed by atoms with Crippen molar-refractivity contribution in [1.82, 2.24) is 19.5 Å². The van der Waals surface area contributed by atoms with Crippen LogP contribution in [0.25, 0.3) is 11.2 Å². The molecule has 0 saturated carbocycles. The van der Waals surface area contributed by atoms with E-state index in [0.29, 0.717) is 11.1 Å². The van der Waals surface area contributed by atoms with Gasteiger partial charge in [0.15, 0.2) is 23.6 Å². The first-order valence-corrected chi connectivity index (χ1v) is 16.4. The number of nitrogens with two attached hydrogens (primary N) is 1. The van der Waals surface area contributed by atoms with Crippen molar-refractivity contribution in [2.75, 3.05) is 25.4 Å². The fourth-order valence-electron chi connectivity index (χ4n) is 4.32. The van der Waals surface area contributed by atoms with E-state index in [1.165, 1.54) is 24.3 Å². The molecule has 2 aromatic carbocycles. The first kappa shape index (κ1) is 30.4. The number of aromatic nitrogens is 4. The first-order chi connectivity index (χ1) is 20.2. The Morgan fingerprint density at radius 3 is 2.12 bits per heavy atom. The van der Waals surface area contributed by atoms with Crippen molar-refractivity contribution in [3.8, 4) is 0 Å². The van der Waals surface area contributed by atoms with Gasteiger partial charge in [0.1, 0.15) is 30.2 Å². The molecule has 1 aliphatic heterocycles. The zero-order valence-corrected chi connectivity index (χ0v) is 24.4. The number of hydrogen-bond acceptors (Lipinski definition) is 13. The number of ether oxygens (including phenoxy) is 1. The van der Waals surface area contributed by atoms with Gasteiger partial charge in [-0.1, -0.05) is 60.7 Å². The molecule has 5 rings (SSSR count). The van der Waals surface area contributed by atoms with E-state index in [9.17, 15) is 19.3 Å². The number of rotatable bonds is 13. The average molecular weight is 620 g/mol. The van der Waals surface area contributed by atoms with Crippen molar-refractivity contribution >= 4 is 32.2 Å². The van der Waals surface area contributed by atoms with Crippen molar-refractivity contribution in [2.45, 2.75) is 37.8 Å². The van der Waals surface area contributed by atoms with Crippen LogP contribution >= 0.6 is 15.2 Å². The highest BCUT2D eigenvalue weighted by molar-refractivity contribution is 7.71. The molecular formula is C26H31N5O9P2. The Bertz CT molecular complexity index is 1580. The molecule has 1 aliphatic rings. The maximum Gasteiger partial charge on any atom is 0.343 e. The summed E-state index contributed by atoms with van der Waals surface area (Å²) in [7, 11) is -7.01. The molecule has 0 amide bonds. The Kier molecular flexibility index (Phi) is 9.48. The zero-order valence-electron chi connectivity index (χ0n) is 22.6. The smallest absolute Gasteiger partial charge is 0.343 e. The molecule has 14 nitrogen and oxygen atoms in total. The molecular weight excluding hydrogens is 588 g/mol. The molecule has 6 atom stereocenters.